The first-order chi connectivity index (χ1) is 14.0. The van der Waals surface area contributed by atoms with Crippen LogP contribution in [-0.2, 0) is 13.2 Å². The molecule has 0 aliphatic carbocycles. The van der Waals surface area contributed by atoms with E-state index < -0.39 is 34.5 Å². The normalized spacial score (nSPS) is 11.5. The number of aryl methyl sites for hydroxylation is 1. The van der Waals surface area contributed by atoms with E-state index in [0.717, 1.165) is 33.7 Å². The summed E-state index contributed by atoms with van der Waals surface area (Å²) in [6.07, 6.45) is -4.54. The number of alkyl halides is 3. The van der Waals surface area contributed by atoms with E-state index in [0.29, 0.717) is 0 Å². The first kappa shape index (κ1) is 21.0. The monoisotopic (exact) mass is 422 g/mol. The molecule has 7 nitrogen and oxygen atoms in total. The number of carbonyl (C=O) groups is 1. The van der Waals surface area contributed by atoms with E-state index in [1.54, 1.807) is 0 Å². The number of aromatic nitrogens is 1. The Morgan fingerprint density at radius 2 is 1.70 bits per heavy atom. The standard InChI is InChI=1S/C20H17F3N2O5/c1-24(11-6-4-10(5-7-11)20(21,22)23)18(28)15-16(27)14-12(25(2)19(15)29)8-9-13(26)17(14)30-3/h4-9,26-27H,1-3H3. The van der Waals surface area contributed by atoms with Crippen molar-refractivity contribution in [2.45, 2.75) is 6.18 Å². The zero-order valence-electron chi connectivity index (χ0n) is 16.1. The van der Waals surface area contributed by atoms with Gasteiger partial charge in [-0.05, 0) is 36.4 Å². The number of methoxy groups -OCH3 is 1. The summed E-state index contributed by atoms with van der Waals surface area (Å²) >= 11 is 0. The van der Waals surface area contributed by atoms with Crippen LogP contribution in [-0.4, -0.2) is 34.8 Å². The molecule has 3 rings (SSSR count). The maximum absolute atomic E-state index is 13.0. The highest BCUT2D eigenvalue weighted by molar-refractivity contribution is 6.11. The van der Waals surface area contributed by atoms with Crippen molar-refractivity contribution < 1.29 is 32.9 Å². The lowest BCUT2D eigenvalue weighted by Gasteiger charge is -2.20. The number of hydrogen-bond acceptors (Lipinski definition) is 5. The summed E-state index contributed by atoms with van der Waals surface area (Å²) < 4.78 is 44.5. The van der Waals surface area contributed by atoms with Gasteiger partial charge in [0.2, 0.25) is 0 Å². The van der Waals surface area contributed by atoms with E-state index >= 15 is 0 Å². The van der Waals surface area contributed by atoms with Crippen LogP contribution in [0, 0.1) is 0 Å². The zero-order valence-corrected chi connectivity index (χ0v) is 16.1. The number of hydrogen-bond donors (Lipinski definition) is 2. The third-order valence-electron chi connectivity index (χ3n) is 4.77. The average molecular weight is 422 g/mol. The smallest absolute Gasteiger partial charge is 0.416 e. The van der Waals surface area contributed by atoms with E-state index in [9.17, 15) is 33.0 Å². The Hall–Kier alpha value is -3.69. The Morgan fingerprint density at radius 3 is 2.23 bits per heavy atom. The molecule has 0 fully saturated rings. The Morgan fingerprint density at radius 1 is 1.10 bits per heavy atom. The van der Waals surface area contributed by atoms with E-state index in [4.69, 9.17) is 4.74 Å². The number of halogens is 3. The van der Waals surface area contributed by atoms with Gasteiger partial charge in [-0.1, -0.05) is 0 Å². The topological polar surface area (TPSA) is 92.0 Å². The summed E-state index contributed by atoms with van der Waals surface area (Å²) in [5, 5.41) is 20.6. The summed E-state index contributed by atoms with van der Waals surface area (Å²) in [5.74, 6) is -2.09. The number of fused-ring (bicyclic) bond motifs is 1. The lowest BCUT2D eigenvalue weighted by Crippen LogP contribution is -2.34. The van der Waals surface area contributed by atoms with Crippen molar-refractivity contribution in [3.8, 4) is 17.2 Å². The van der Waals surface area contributed by atoms with Gasteiger partial charge in [0.25, 0.3) is 11.5 Å². The number of phenols is 1. The van der Waals surface area contributed by atoms with Crippen molar-refractivity contribution >= 4 is 22.5 Å². The molecule has 30 heavy (non-hydrogen) atoms. The lowest BCUT2D eigenvalue weighted by molar-refractivity contribution is -0.137. The molecular formula is C20H17F3N2O5. The van der Waals surface area contributed by atoms with Gasteiger partial charge in [-0.25, -0.2) is 0 Å². The number of carbonyl (C=O) groups excluding carboxylic acids is 1. The van der Waals surface area contributed by atoms with Crippen LogP contribution < -0.4 is 15.2 Å². The minimum absolute atomic E-state index is 0.0521. The minimum Gasteiger partial charge on any atom is -0.506 e. The Kier molecular flexibility index (Phi) is 5.11. The minimum atomic E-state index is -4.54. The molecule has 0 aliphatic rings. The number of aromatic hydroxyl groups is 2. The second kappa shape index (κ2) is 7.29. The molecule has 0 saturated carbocycles. The molecule has 2 aromatic carbocycles. The molecule has 0 atom stereocenters. The SMILES string of the molecule is COc1c(O)ccc2c1c(O)c(C(=O)N(C)c1ccc(C(F)(F)F)cc1)c(=O)n2C. The quantitative estimate of drug-likeness (QED) is 0.676. The Balaban J connectivity index is 2.16. The summed E-state index contributed by atoms with van der Waals surface area (Å²) in [6.45, 7) is 0. The molecule has 0 bridgehead atoms. The van der Waals surface area contributed by atoms with Crippen LogP contribution in [0.15, 0.2) is 41.2 Å². The van der Waals surface area contributed by atoms with Gasteiger partial charge in [-0.15, -0.1) is 0 Å². The molecule has 2 N–H and O–H groups in total. The third kappa shape index (κ3) is 3.30. The molecule has 0 aliphatic heterocycles. The van der Waals surface area contributed by atoms with E-state index in [1.807, 2.05) is 0 Å². The molecule has 0 unspecified atom stereocenters. The van der Waals surface area contributed by atoms with E-state index in [-0.39, 0.29) is 28.1 Å². The third-order valence-corrected chi connectivity index (χ3v) is 4.77. The molecule has 1 aromatic heterocycles. The number of rotatable bonds is 3. The number of anilines is 1. The molecule has 0 saturated heterocycles. The van der Waals surface area contributed by atoms with Crippen LogP contribution in [0.2, 0.25) is 0 Å². The fourth-order valence-electron chi connectivity index (χ4n) is 3.13. The van der Waals surface area contributed by atoms with Crippen LogP contribution in [0.3, 0.4) is 0 Å². The van der Waals surface area contributed by atoms with Crippen molar-refractivity contribution in [3.63, 3.8) is 0 Å². The van der Waals surface area contributed by atoms with Gasteiger partial charge >= 0.3 is 6.18 Å². The van der Waals surface area contributed by atoms with Gasteiger partial charge in [-0.2, -0.15) is 13.2 Å². The number of phenolic OH excluding ortho intramolecular Hbond substituents is 1. The molecule has 10 heteroatoms. The summed E-state index contributed by atoms with van der Waals surface area (Å²) in [4.78, 5) is 26.7. The number of amides is 1. The van der Waals surface area contributed by atoms with Crippen LogP contribution in [0.4, 0.5) is 18.9 Å². The highest BCUT2D eigenvalue weighted by Crippen LogP contribution is 2.40. The van der Waals surface area contributed by atoms with Gasteiger partial charge in [0.05, 0.1) is 23.6 Å². The highest BCUT2D eigenvalue weighted by Gasteiger charge is 2.31. The van der Waals surface area contributed by atoms with Crippen molar-refractivity contribution in [2.75, 3.05) is 19.1 Å². The first-order valence-electron chi connectivity index (χ1n) is 8.56. The Labute approximate surface area is 168 Å². The first-order valence-corrected chi connectivity index (χ1v) is 8.56. The Bertz CT molecular complexity index is 1200. The van der Waals surface area contributed by atoms with Crippen molar-refractivity contribution in [1.82, 2.24) is 4.57 Å². The molecule has 3 aromatic rings. The second-order valence-corrected chi connectivity index (χ2v) is 6.51. The molecule has 0 spiro atoms. The van der Waals surface area contributed by atoms with Crippen molar-refractivity contribution in [1.29, 1.82) is 0 Å². The number of nitrogens with zero attached hydrogens (tertiary/aromatic N) is 2. The molecule has 1 amide bonds. The fraction of sp³-hybridized carbons (Fsp3) is 0.200. The second-order valence-electron chi connectivity index (χ2n) is 6.51. The zero-order chi connectivity index (χ0) is 22.4. The van der Waals surface area contributed by atoms with Gasteiger partial charge in [-0.3, -0.25) is 9.59 Å². The fourth-order valence-corrected chi connectivity index (χ4v) is 3.13. The molecular weight excluding hydrogens is 405 g/mol. The average Bonchev–Trinajstić information content (AvgIpc) is 2.70. The van der Waals surface area contributed by atoms with Gasteiger partial charge in [0, 0.05) is 19.8 Å². The van der Waals surface area contributed by atoms with Crippen LogP contribution in [0.5, 0.6) is 17.2 Å². The molecule has 1 heterocycles. The maximum Gasteiger partial charge on any atom is 0.416 e. The van der Waals surface area contributed by atoms with Gasteiger partial charge in [0.1, 0.15) is 11.3 Å². The van der Waals surface area contributed by atoms with E-state index in [2.05, 4.69) is 0 Å². The predicted octanol–water partition coefficient (Wildman–Crippen LogP) is 3.25. The largest absolute Gasteiger partial charge is 0.506 e. The number of ether oxygens (including phenoxy) is 1. The van der Waals surface area contributed by atoms with Gasteiger partial charge in [0.15, 0.2) is 11.5 Å². The molecule has 158 valence electrons. The summed E-state index contributed by atoms with van der Waals surface area (Å²) in [6, 6.07) is 6.42. The van der Waals surface area contributed by atoms with Crippen molar-refractivity contribution in [3.05, 3.63) is 57.9 Å². The number of pyridine rings is 1. The predicted molar refractivity (Wildman–Crippen MR) is 103 cm³/mol. The lowest BCUT2D eigenvalue weighted by atomic mass is 10.1. The summed E-state index contributed by atoms with van der Waals surface area (Å²) in [7, 11) is 3.87. The highest BCUT2D eigenvalue weighted by atomic mass is 19.4. The van der Waals surface area contributed by atoms with Gasteiger partial charge < -0.3 is 24.4 Å². The maximum atomic E-state index is 13.0. The van der Waals surface area contributed by atoms with Crippen LogP contribution in [0.25, 0.3) is 10.9 Å². The molecule has 0 radical (unpaired) electrons. The van der Waals surface area contributed by atoms with Crippen LogP contribution in [0.1, 0.15) is 15.9 Å². The number of benzene rings is 2. The van der Waals surface area contributed by atoms with E-state index in [1.165, 1.54) is 33.3 Å². The van der Waals surface area contributed by atoms with Crippen molar-refractivity contribution in [2.24, 2.45) is 7.05 Å². The summed E-state index contributed by atoms with van der Waals surface area (Å²) in [5.41, 5.74) is -2.04. The van der Waals surface area contributed by atoms with Crippen LogP contribution >= 0.6 is 0 Å².